The lowest BCUT2D eigenvalue weighted by molar-refractivity contribution is 0.485. The van der Waals surface area contributed by atoms with E-state index in [1.54, 1.807) is 0 Å². The minimum absolute atomic E-state index is 0.0996. The number of rotatable bonds is 1. The number of thiazole rings is 1. The van der Waals surface area contributed by atoms with Gasteiger partial charge in [-0.15, -0.1) is 11.3 Å². The van der Waals surface area contributed by atoms with Crippen molar-refractivity contribution < 1.29 is 13.0 Å². The van der Waals surface area contributed by atoms with Crippen LogP contribution in [-0.2, 0) is 15.5 Å². The number of nitrogens with zero attached hydrogens (tertiary/aromatic N) is 1. The third-order valence-electron chi connectivity index (χ3n) is 1.38. The number of hydrogen-bond acceptors (Lipinski definition) is 4. The molecule has 74 valence electrons. The Morgan fingerprint density at radius 1 is 1.46 bits per heavy atom. The van der Waals surface area contributed by atoms with Crippen LogP contribution in [0.15, 0.2) is 10.4 Å². The van der Waals surface area contributed by atoms with Gasteiger partial charge in [-0.1, -0.05) is 20.8 Å². The zero-order chi connectivity index (χ0) is 10.3. The zero-order valence-electron chi connectivity index (χ0n) is 7.60. The Bertz CT molecular complexity index is 400. The van der Waals surface area contributed by atoms with Crippen LogP contribution in [0.25, 0.3) is 0 Å². The van der Waals surface area contributed by atoms with E-state index in [2.05, 4.69) is 4.98 Å². The molecule has 1 aromatic rings. The molecule has 0 bridgehead atoms. The molecule has 1 aromatic heterocycles. The fourth-order valence-electron chi connectivity index (χ4n) is 0.725. The van der Waals surface area contributed by atoms with E-state index in [-0.39, 0.29) is 9.62 Å². The molecule has 0 spiro atoms. The normalized spacial score (nSPS) is 13.2. The predicted octanol–water partition coefficient (Wildman–Crippen LogP) is 1.69. The summed E-state index contributed by atoms with van der Waals surface area (Å²) < 4.78 is 30.0. The lowest BCUT2D eigenvalue weighted by atomic mass is 9.98. The molecule has 1 heterocycles. The quantitative estimate of drug-likeness (QED) is 0.733. The van der Waals surface area contributed by atoms with Crippen molar-refractivity contribution in [2.75, 3.05) is 0 Å². The van der Waals surface area contributed by atoms with Gasteiger partial charge < -0.3 is 0 Å². The van der Waals surface area contributed by atoms with Gasteiger partial charge in [-0.25, -0.2) is 4.98 Å². The maximum atomic E-state index is 10.7. The summed E-state index contributed by atoms with van der Waals surface area (Å²) in [5.41, 5.74) is -0.187. The molecule has 0 saturated carbocycles. The van der Waals surface area contributed by atoms with E-state index in [9.17, 15) is 8.42 Å². The molecule has 0 fully saturated rings. The van der Waals surface area contributed by atoms with Crippen LogP contribution in [0.4, 0.5) is 0 Å². The van der Waals surface area contributed by atoms with Crippen LogP contribution in [0.1, 0.15) is 25.8 Å². The average Bonchev–Trinajstić information content (AvgIpc) is 2.28. The van der Waals surface area contributed by atoms with Crippen LogP contribution in [0.3, 0.4) is 0 Å². The van der Waals surface area contributed by atoms with Crippen LogP contribution in [0.2, 0.25) is 0 Å². The summed E-state index contributed by atoms with van der Waals surface area (Å²) in [4.78, 5) is 3.93. The van der Waals surface area contributed by atoms with Gasteiger partial charge in [-0.05, 0) is 0 Å². The molecule has 13 heavy (non-hydrogen) atoms. The third-order valence-corrected chi connectivity index (χ3v) is 4.09. The molecule has 0 saturated heterocycles. The first-order valence-electron chi connectivity index (χ1n) is 3.65. The first-order chi connectivity index (χ1) is 5.71. The fraction of sp³-hybridized carbons (Fsp3) is 0.571. The Hall–Kier alpha value is -0.460. The van der Waals surface area contributed by atoms with E-state index in [1.807, 2.05) is 20.8 Å². The monoisotopic (exact) mass is 221 g/mol. The molecular weight excluding hydrogens is 210 g/mol. The smallest absolute Gasteiger partial charge is 0.281 e. The van der Waals surface area contributed by atoms with Crippen molar-refractivity contribution in [1.29, 1.82) is 0 Å². The van der Waals surface area contributed by atoms with Gasteiger partial charge in [0.2, 0.25) is 0 Å². The largest absolute Gasteiger partial charge is 0.305 e. The minimum atomic E-state index is -4.09. The maximum absolute atomic E-state index is 10.7. The highest BCUT2D eigenvalue weighted by atomic mass is 32.3. The highest BCUT2D eigenvalue weighted by molar-refractivity contribution is 7.88. The molecule has 1 rings (SSSR count). The summed E-state index contributed by atoms with van der Waals surface area (Å²) in [5.74, 6) is 0. The van der Waals surface area contributed by atoms with Crippen LogP contribution in [-0.4, -0.2) is 18.0 Å². The molecule has 0 amide bonds. The molecule has 0 aromatic carbocycles. The summed E-state index contributed by atoms with van der Waals surface area (Å²) >= 11 is 0.998. The number of aromatic nitrogens is 1. The molecule has 0 atom stereocenters. The first-order valence-corrected chi connectivity index (χ1v) is 5.91. The molecule has 0 aliphatic heterocycles. The Kier molecular flexibility index (Phi) is 2.48. The number of hydrogen-bond donors (Lipinski definition) is 1. The van der Waals surface area contributed by atoms with E-state index in [0.29, 0.717) is 5.01 Å². The van der Waals surface area contributed by atoms with Gasteiger partial charge in [0.1, 0.15) is 0 Å². The van der Waals surface area contributed by atoms with Gasteiger partial charge in [0, 0.05) is 5.41 Å². The Labute approximate surface area is 81.4 Å². The highest BCUT2D eigenvalue weighted by Crippen LogP contribution is 2.28. The first kappa shape index (κ1) is 10.6. The molecule has 0 aliphatic carbocycles. The third kappa shape index (κ3) is 2.49. The summed E-state index contributed by atoms with van der Waals surface area (Å²) in [6.45, 7) is 5.79. The summed E-state index contributed by atoms with van der Waals surface area (Å²) in [6.07, 6.45) is 1.18. The Balaban J connectivity index is 3.16. The molecule has 0 radical (unpaired) electrons. The van der Waals surface area contributed by atoms with Crippen molar-refractivity contribution in [1.82, 2.24) is 4.98 Å². The van der Waals surface area contributed by atoms with Crippen molar-refractivity contribution in [3.8, 4) is 0 Å². The van der Waals surface area contributed by atoms with Gasteiger partial charge in [0.05, 0.1) is 11.2 Å². The van der Waals surface area contributed by atoms with Gasteiger partial charge >= 0.3 is 10.1 Å². The predicted molar refractivity (Wildman–Crippen MR) is 50.6 cm³/mol. The maximum Gasteiger partial charge on any atom is 0.305 e. The molecule has 1 N–H and O–H groups in total. The van der Waals surface area contributed by atoms with Crippen molar-refractivity contribution in [3.63, 3.8) is 0 Å². The van der Waals surface area contributed by atoms with Crippen LogP contribution in [0, 0.1) is 0 Å². The van der Waals surface area contributed by atoms with Crippen LogP contribution >= 0.6 is 11.3 Å². The lowest BCUT2D eigenvalue weighted by Gasteiger charge is -2.13. The lowest BCUT2D eigenvalue weighted by Crippen LogP contribution is -2.09. The van der Waals surface area contributed by atoms with Gasteiger partial charge in [-0.3, -0.25) is 4.55 Å². The topological polar surface area (TPSA) is 67.3 Å². The minimum Gasteiger partial charge on any atom is -0.281 e. The average molecular weight is 221 g/mol. The molecule has 0 aliphatic rings. The fourth-order valence-corrected chi connectivity index (χ4v) is 2.28. The van der Waals surface area contributed by atoms with E-state index < -0.39 is 10.1 Å². The molecule has 6 heteroatoms. The van der Waals surface area contributed by atoms with Crippen molar-refractivity contribution in [2.24, 2.45) is 0 Å². The van der Waals surface area contributed by atoms with E-state index in [0.717, 1.165) is 11.3 Å². The van der Waals surface area contributed by atoms with Crippen molar-refractivity contribution >= 4 is 21.5 Å². The second kappa shape index (κ2) is 3.04. The summed E-state index contributed by atoms with van der Waals surface area (Å²) in [6, 6.07) is 0. The molecular formula is C7H11NO3S2. The highest BCUT2D eigenvalue weighted by Gasteiger charge is 2.21. The summed E-state index contributed by atoms with van der Waals surface area (Å²) in [7, 11) is -4.09. The SMILES string of the molecule is CC(C)(C)c1ncc(S(=O)(=O)O)s1. The molecule has 0 unspecified atom stereocenters. The standard InChI is InChI=1S/C7H11NO3S2/c1-7(2,3)6-8-4-5(12-6)13(9,10)11/h4H,1-3H3,(H,9,10,11). The van der Waals surface area contributed by atoms with E-state index >= 15 is 0 Å². The van der Waals surface area contributed by atoms with Crippen molar-refractivity contribution in [2.45, 2.75) is 30.4 Å². The van der Waals surface area contributed by atoms with Gasteiger partial charge in [0.15, 0.2) is 4.21 Å². The second-order valence-corrected chi connectivity index (χ2v) is 6.39. The van der Waals surface area contributed by atoms with E-state index in [4.69, 9.17) is 4.55 Å². The Morgan fingerprint density at radius 3 is 2.23 bits per heavy atom. The van der Waals surface area contributed by atoms with E-state index in [1.165, 1.54) is 6.20 Å². The van der Waals surface area contributed by atoms with Gasteiger partial charge in [0.25, 0.3) is 0 Å². The second-order valence-electron chi connectivity index (χ2n) is 3.71. The summed E-state index contributed by atoms with van der Waals surface area (Å²) in [5, 5.41) is 0.695. The zero-order valence-corrected chi connectivity index (χ0v) is 9.24. The van der Waals surface area contributed by atoms with Gasteiger partial charge in [-0.2, -0.15) is 8.42 Å². The van der Waals surface area contributed by atoms with Crippen LogP contribution in [0.5, 0.6) is 0 Å². The van der Waals surface area contributed by atoms with Crippen LogP contribution < -0.4 is 0 Å². The molecule has 4 nitrogen and oxygen atoms in total. The van der Waals surface area contributed by atoms with Crippen molar-refractivity contribution in [3.05, 3.63) is 11.2 Å². The Morgan fingerprint density at radius 2 is 2.00 bits per heavy atom.